The van der Waals surface area contributed by atoms with Crippen LogP contribution in [0.25, 0.3) is 11.0 Å². The van der Waals surface area contributed by atoms with Crippen LogP contribution in [0.15, 0.2) is 12.3 Å². The molecule has 0 aliphatic heterocycles. The Morgan fingerprint density at radius 2 is 2.20 bits per heavy atom. The smallest absolute Gasteiger partial charge is 0.151 e. The first-order valence-corrected chi connectivity index (χ1v) is 4.93. The summed E-state index contributed by atoms with van der Waals surface area (Å²) < 4.78 is 1.89. The molecular weight excluding hydrogens is 190 g/mol. The van der Waals surface area contributed by atoms with Crippen LogP contribution < -0.4 is 0 Å². The van der Waals surface area contributed by atoms with Crippen molar-refractivity contribution in [3.8, 4) is 0 Å². The van der Waals surface area contributed by atoms with Gasteiger partial charge < -0.3 is 0 Å². The van der Waals surface area contributed by atoms with Gasteiger partial charge in [-0.25, -0.2) is 0 Å². The molecule has 78 valence electrons. The van der Waals surface area contributed by atoms with Crippen LogP contribution in [0.1, 0.15) is 35.9 Å². The molecule has 0 saturated carbocycles. The summed E-state index contributed by atoms with van der Waals surface area (Å²) in [6, 6.07) is 2.10. The van der Waals surface area contributed by atoms with Crippen molar-refractivity contribution in [1.29, 1.82) is 0 Å². The first-order chi connectivity index (χ1) is 7.13. The van der Waals surface area contributed by atoms with Gasteiger partial charge >= 0.3 is 0 Å². The van der Waals surface area contributed by atoms with E-state index >= 15 is 0 Å². The molecule has 0 aliphatic rings. The lowest BCUT2D eigenvalue weighted by molar-refractivity contribution is 0.112. The molecule has 0 bridgehead atoms. The quantitative estimate of drug-likeness (QED) is 0.702. The molecule has 0 amide bonds. The monoisotopic (exact) mass is 203 g/mol. The standard InChI is InChI=1S/C11H13N3O/c1-7(2)14-10-4-9(6-15)5-12-11(10)8(3)13-14/h4-7H,1-3H3. The van der Waals surface area contributed by atoms with Crippen molar-refractivity contribution in [2.45, 2.75) is 26.8 Å². The summed E-state index contributed by atoms with van der Waals surface area (Å²) in [6.45, 7) is 6.04. The molecule has 0 N–H and O–H groups in total. The number of hydrogen-bond acceptors (Lipinski definition) is 3. The number of hydrogen-bond donors (Lipinski definition) is 0. The van der Waals surface area contributed by atoms with Crippen molar-refractivity contribution in [3.63, 3.8) is 0 Å². The fourth-order valence-corrected chi connectivity index (χ4v) is 1.64. The van der Waals surface area contributed by atoms with Crippen molar-refractivity contribution in [2.75, 3.05) is 0 Å². The molecule has 0 radical (unpaired) electrons. The van der Waals surface area contributed by atoms with Crippen molar-refractivity contribution < 1.29 is 4.79 Å². The molecule has 2 heterocycles. The minimum absolute atomic E-state index is 0.268. The number of fused-ring (bicyclic) bond motifs is 1. The van der Waals surface area contributed by atoms with Gasteiger partial charge in [0.1, 0.15) is 5.52 Å². The van der Waals surface area contributed by atoms with E-state index < -0.39 is 0 Å². The third-order valence-corrected chi connectivity index (χ3v) is 2.36. The highest BCUT2D eigenvalue weighted by Gasteiger charge is 2.11. The first-order valence-electron chi connectivity index (χ1n) is 4.93. The lowest BCUT2D eigenvalue weighted by Gasteiger charge is -2.06. The van der Waals surface area contributed by atoms with Gasteiger partial charge in [0.05, 0.1) is 11.2 Å². The molecule has 0 saturated heterocycles. The number of carbonyl (C=O) groups excluding carboxylic acids is 1. The number of aromatic nitrogens is 3. The highest BCUT2D eigenvalue weighted by atomic mass is 16.1. The Labute approximate surface area is 87.9 Å². The number of pyridine rings is 1. The van der Waals surface area contributed by atoms with E-state index in [9.17, 15) is 4.79 Å². The largest absolute Gasteiger partial charge is 0.298 e. The summed E-state index contributed by atoms with van der Waals surface area (Å²) >= 11 is 0. The van der Waals surface area contributed by atoms with Gasteiger partial charge in [0.15, 0.2) is 6.29 Å². The van der Waals surface area contributed by atoms with E-state index in [1.807, 2.05) is 17.7 Å². The molecule has 4 heteroatoms. The zero-order valence-corrected chi connectivity index (χ0v) is 9.06. The fraction of sp³-hybridized carbons (Fsp3) is 0.364. The molecule has 0 aromatic carbocycles. The van der Waals surface area contributed by atoms with Crippen LogP contribution in [0.4, 0.5) is 0 Å². The average Bonchev–Trinajstić information content (AvgIpc) is 2.56. The summed E-state index contributed by atoms with van der Waals surface area (Å²) in [6.07, 6.45) is 2.38. The molecule has 15 heavy (non-hydrogen) atoms. The van der Waals surface area contributed by atoms with Crippen molar-refractivity contribution >= 4 is 17.3 Å². The fourth-order valence-electron chi connectivity index (χ4n) is 1.64. The second kappa shape index (κ2) is 3.46. The second-order valence-corrected chi connectivity index (χ2v) is 3.88. The first kappa shape index (κ1) is 9.83. The van der Waals surface area contributed by atoms with Gasteiger partial charge in [-0.2, -0.15) is 5.10 Å². The van der Waals surface area contributed by atoms with Crippen LogP contribution in [0.3, 0.4) is 0 Å². The highest BCUT2D eigenvalue weighted by Crippen LogP contribution is 2.19. The Bertz CT molecular complexity index is 514. The van der Waals surface area contributed by atoms with E-state index in [1.54, 1.807) is 6.20 Å². The molecule has 2 aromatic heterocycles. The van der Waals surface area contributed by atoms with E-state index in [1.165, 1.54) is 0 Å². The van der Waals surface area contributed by atoms with Gasteiger partial charge in [-0.05, 0) is 26.8 Å². The van der Waals surface area contributed by atoms with Crippen molar-refractivity contribution in [1.82, 2.24) is 14.8 Å². The second-order valence-electron chi connectivity index (χ2n) is 3.88. The molecule has 0 atom stereocenters. The maximum atomic E-state index is 10.7. The Kier molecular flexibility index (Phi) is 2.26. The summed E-state index contributed by atoms with van der Waals surface area (Å²) in [5.74, 6) is 0. The molecule has 0 spiro atoms. The topological polar surface area (TPSA) is 47.8 Å². The Morgan fingerprint density at radius 1 is 1.47 bits per heavy atom. The van der Waals surface area contributed by atoms with E-state index in [2.05, 4.69) is 23.9 Å². The number of aryl methyl sites for hydroxylation is 1. The third kappa shape index (κ3) is 1.52. The molecule has 2 aromatic rings. The predicted molar refractivity (Wildman–Crippen MR) is 58.0 cm³/mol. The van der Waals surface area contributed by atoms with E-state index in [0.29, 0.717) is 5.56 Å². The summed E-state index contributed by atoms with van der Waals surface area (Å²) in [5.41, 5.74) is 3.28. The number of nitrogens with zero attached hydrogens (tertiary/aromatic N) is 3. The van der Waals surface area contributed by atoms with Crippen LogP contribution in [0, 0.1) is 6.92 Å². The van der Waals surface area contributed by atoms with Crippen LogP contribution in [-0.2, 0) is 0 Å². The van der Waals surface area contributed by atoms with Gasteiger partial charge in [0.2, 0.25) is 0 Å². The molecule has 0 fully saturated rings. The minimum atomic E-state index is 0.268. The van der Waals surface area contributed by atoms with Gasteiger partial charge in [0.25, 0.3) is 0 Å². The van der Waals surface area contributed by atoms with Crippen LogP contribution in [0.5, 0.6) is 0 Å². The molecular formula is C11H13N3O. The van der Waals surface area contributed by atoms with Crippen LogP contribution in [0.2, 0.25) is 0 Å². The zero-order chi connectivity index (χ0) is 11.0. The van der Waals surface area contributed by atoms with Crippen molar-refractivity contribution in [2.24, 2.45) is 0 Å². The van der Waals surface area contributed by atoms with Gasteiger partial charge in [-0.1, -0.05) is 0 Å². The minimum Gasteiger partial charge on any atom is -0.298 e. The Hall–Kier alpha value is -1.71. The van der Waals surface area contributed by atoms with E-state index in [4.69, 9.17) is 0 Å². The predicted octanol–water partition coefficient (Wildman–Crippen LogP) is 2.13. The normalized spacial score (nSPS) is 11.2. The van der Waals surface area contributed by atoms with Crippen LogP contribution in [-0.4, -0.2) is 21.1 Å². The average molecular weight is 203 g/mol. The van der Waals surface area contributed by atoms with Gasteiger partial charge in [-0.15, -0.1) is 0 Å². The Morgan fingerprint density at radius 3 is 2.80 bits per heavy atom. The van der Waals surface area contributed by atoms with Gasteiger partial charge in [-0.3, -0.25) is 14.5 Å². The number of aldehydes is 1. The zero-order valence-electron chi connectivity index (χ0n) is 9.06. The maximum absolute atomic E-state index is 10.7. The Balaban J connectivity index is 2.77. The van der Waals surface area contributed by atoms with E-state index in [0.717, 1.165) is 23.0 Å². The maximum Gasteiger partial charge on any atom is 0.151 e. The van der Waals surface area contributed by atoms with Crippen LogP contribution >= 0.6 is 0 Å². The summed E-state index contributed by atoms with van der Waals surface area (Å²) in [5, 5.41) is 4.40. The third-order valence-electron chi connectivity index (χ3n) is 2.36. The molecule has 0 aliphatic carbocycles. The molecule has 2 rings (SSSR count). The van der Waals surface area contributed by atoms with Gasteiger partial charge in [0, 0.05) is 17.8 Å². The lowest BCUT2D eigenvalue weighted by Crippen LogP contribution is -2.02. The lowest BCUT2D eigenvalue weighted by atomic mass is 10.2. The molecule has 4 nitrogen and oxygen atoms in total. The number of rotatable bonds is 2. The summed E-state index contributed by atoms with van der Waals surface area (Å²) in [4.78, 5) is 14.9. The number of carbonyl (C=O) groups is 1. The summed E-state index contributed by atoms with van der Waals surface area (Å²) in [7, 11) is 0. The van der Waals surface area contributed by atoms with Crippen molar-refractivity contribution in [3.05, 3.63) is 23.5 Å². The highest BCUT2D eigenvalue weighted by molar-refractivity contribution is 5.84. The van der Waals surface area contributed by atoms with E-state index in [-0.39, 0.29) is 6.04 Å². The SMILES string of the molecule is Cc1nn(C(C)C)c2cc(C=O)cnc12. The molecule has 0 unspecified atom stereocenters.